The zero-order valence-corrected chi connectivity index (χ0v) is 11.4. The normalized spacial score (nSPS) is 25.1. The van der Waals surface area contributed by atoms with Gasteiger partial charge in [-0.1, -0.05) is 0 Å². The Morgan fingerprint density at radius 2 is 2.21 bits per heavy atom. The number of rotatable bonds is 3. The van der Waals surface area contributed by atoms with Crippen molar-refractivity contribution < 1.29 is 12.8 Å². The van der Waals surface area contributed by atoms with Gasteiger partial charge in [-0.25, -0.2) is 12.8 Å². The molecule has 0 spiro atoms. The molecule has 0 aromatic heterocycles. The van der Waals surface area contributed by atoms with Crippen LogP contribution in [0.1, 0.15) is 24.5 Å². The zero-order chi connectivity index (χ0) is 14.1. The highest BCUT2D eigenvalue weighted by molar-refractivity contribution is 7.91. The lowest BCUT2D eigenvalue weighted by atomic mass is 10.0. The van der Waals surface area contributed by atoms with E-state index in [0.717, 1.165) is 0 Å². The highest BCUT2D eigenvalue weighted by atomic mass is 32.2. The zero-order valence-electron chi connectivity index (χ0n) is 10.6. The number of nitrogens with one attached hydrogen (secondary N) is 1. The van der Waals surface area contributed by atoms with Crippen molar-refractivity contribution in [3.63, 3.8) is 0 Å². The van der Waals surface area contributed by atoms with E-state index in [1.54, 1.807) is 6.07 Å². The first-order valence-corrected chi connectivity index (χ1v) is 7.79. The maximum Gasteiger partial charge on any atom is 0.152 e. The molecule has 0 aliphatic carbocycles. The van der Waals surface area contributed by atoms with Crippen LogP contribution in [0.3, 0.4) is 0 Å². The second kappa shape index (κ2) is 4.91. The van der Waals surface area contributed by atoms with Gasteiger partial charge in [-0.05, 0) is 37.1 Å². The van der Waals surface area contributed by atoms with Gasteiger partial charge in [-0.15, -0.1) is 0 Å². The molecular formula is C13H15FN2O2S. The molecule has 2 rings (SSSR count). The molecule has 0 radical (unpaired) electrons. The fourth-order valence-corrected chi connectivity index (χ4v) is 4.41. The maximum absolute atomic E-state index is 13.3. The van der Waals surface area contributed by atoms with Gasteiger partial charge >= 0.3 is 0 Å². The van der Waals surface area contributed by atoms with Crippen LogP contribution in [-0.4, -0.2) is 25.5 Å². The standard InChI is InChI=1S/C13H15FN2O2S/c1-13(2-3-19(17,18)9-13)16-8-11-4-10(7-15)5-12(14)6-11/h4-6,16H,2-3,8-9H2,1H3. The molecule has 0 amide bonds. The number of hydrogen-bond acceptors (Lipinski definition) is 4. The van der Waals surface area contributed by atoms with Crippen molar-refractivity contribution in [3.05, 3.63) is 35.1 Å². The monoisotopic (exact) mass is 282 g/mol. The molecule has 4 nitrogen and oxygen atoms in total. The molecule has 1 saturated heterocycles. The number of benzene rings is 1. The highest BCUT2D eigenvalue weighted by Gasteiger charge is 2.37. The summed E-state index contributed by atoms with van der Waals surface area (Å²) in [6.07, 6.45) is 0.551. The van der Waals surface area contributed by atoms with Gasteiger partial charge in [0.05, 0.1) is 23.1 Å². The molecule has 1 aromatic carbocycles. The Bertz CT molecular complexity index is 637. The first kappa shape index (κ1) is 14.0. The number of hydrogen-bond donors (Lipinski definition) is 1. The Labute approximate surface area is 112 Å². The SMILES string of the molecule is CC1(NCc2cc(F)cc(C#N)c2)CCS(=O)(=O)C1. The molecule has 1 unspecified atom stereocenters. The fraction of sp³-hybridized carbons (Fsp3) is 0.462. The van der Waals surface area contributed by atoms with Crippen LogP contribution < -0.4 is 5.32 Å². The van der Waals surface area contributed by atoms with E-state index in [9.17, 15) is 12.8 Å². The van der Waals surface area contributed by atoms with Crippen LogP contribution in [0.5, 0.6) is 0 Å². The van der Waals surface area contributed by atoms with Crippen LogP contribution in [0.15, 0.2) is 18.2 Å². The molecule has 1 fully saturated rings. The van der Waals surface area contributed by atoms with Crippen LogP contribution in [-0.2, 0) is 16.4 Å². The van der Waals surface area contributed by atoms with E-state index < -0.39 is 21.2 Å². The summed E-state index contributed by atoms with van der Waals surface area (Å²) in [5.74, 6) is -0.177. The highest BCUT2D eigenvalue weighted by Crippen LogP contribution is 2.23. The average molecular weight is 282 g/mol. The van der Waals surface area contributed by atoms with E-state index in [1.807, 2.05) is 13.0 Å². The Hall–Kier alpha value is -1.45. The van der Waals surface area contributed by atoms with E-state index in [0.29, 0.717) is 18.5 Å². The van der Waals surface area contributed by atoms with E-state index in [4.69, 9.17) is 5.26 Å². The molecule has 102 valence electrons. The van der Waals surface area contributed by atoms with Crippen molar-refractivity contribution >= 4 is 9.84 Å². The Morgan fingerprint density at radius 3 is 2.79 bits per heavy atom. The summed E-state index contributed by atoms with van der Waals surface area (Å²) in [5.41, 5.74) is 0.431. The summed E-state index contributed by atoms with van der Waals surface area (Å²) in [5, 5.41) is 11.9. The number of nitrogens with zero attached hydrogens (tertiary/aromatic N) is 1. The molecule has 19 heavy (non-hydrogen) atoms. The molecule has 6 heteroatoms. The molecule has 1 aliphatic rings. The minimum atomic E-state index is -2.97. The summed E-state index contributed by atoms with van der Waals surface area (Å²) in [7, 11) is -2.97. The van der Waals surface area contributed by atoms with Gasteiger partial charge in [-0.2, -0.15) is 5.26 Å². The largest absolute Gasteiger partial charge is 0.306 e. The Morgan fingerprint density at radius 1 is 1.47 bits per heavy atom. The Balaban J connectivity index is 2.08. The van der Waals surface area contributed by atoms with Crippen LogP contribution in [0.4, 0.5) is 4.39 Å². The van der Waals surface area contributed by atoms with Gasteiger partial charge in [-0.3, -0.25) is 0 Å². The quantitative estimate of drug-likeness (QED) is 0.909. The second-order valence-corrected chi connectivity index (χ2v) is 7.40. The van der Waals surface area contributed by atoms with E-state index in [2.05, 4.69) is 5.32 Å². The predicted molar refractivity (Wildman–Crippen MR) is 69.6 cm³/mol. The fourth-order valence-electron chi connectivity index (χ4n) is 2.28. The number of nitriles is 1. The van der Waals surface area contributed by atoms with Gasteiger partial charge in [0.2, 0.25) is 0 Å². The molecule has 1 atom stereocenters. The van der Waals surface area contributed by atoms with Crippen LogP contribution >= 0.6 is 0 Å². The lowest BCUT2D eigenvalue weighted by Gasteiger charge is -2.24. The third-order valence-corrected chi connectivity index (χ3v) is 5.21. The average Bonchev–Trinajstić information content (AvgIpc) is 2.61. The van der Waals surface area contributed by atoms with Gasteiger partial charge in [0.25, 0.3) is 0 Å². The van der Waals surface area contributed by atoms with Gasteiger partial charge in [0.1, 0.15) is 5.82 Å². The summed E-state index contributed by atoms with van der Waals surface area (Å²) in [4.78, 5) is 0. The summed E-state index contributed by atoms with van der Waals surface area (Å²) in [6, 6.07) is 6.01. The Kier molecular flexibility index (Phi) is 3.61. The van der Waals surface area contributed by atoms with E-state index in [1.165, 1.54) is 12.1 Å². The van der Waals surface area contributed by atoms with Crippen molar-refractivity contribution in [2.75, 3.05) is 11.5 Å². The van der Waals surface area contributed by atoms with Crippen molar-refractivity contribution in [3.8, 4) is 6.07 Å². The third kappa shape index (κ3) is 3.52. The molecule has 0 bridgehead atoms. The van der Waals surface area contributed by atoms with Crippen LogP contribution in [0, 0.1) is 17.1 Å². The summed E-state index contributed by atoms with van der Waals surface area (Å²) >= 11 is 0. The van der Waals surface area contributed by atoms with E-state index >= 15 is 0 Å². The molecule has 0 saturated carbocycles. The molecular weight excluding hydrogens is 267 g/mol. The number of sulfone groups is 1. The molecule has 1 aromatic rings. The lowest BCUT2D eigenvalue weighted by molar-refractivity contribution is 0.395. The first-order valence-electron chi connectivity index (χ1n) is 5.97. The smallest absolute Gasteiger partial charge is 0.152 e. The summed E-state index contributed by atoms with van der Waals surface area (Å²) < 4.78 is 36.2. The minimum absolute atomic E-state index is 0.0976. The van der Waals surface area contributed by atoms with Crippen molar-refractivity contribution in [2.24, 2.45) is 0 Å². The molecule has 1 aliphatic heterocycles. The topological polar surface area (TPSA) is 70.0 Å². The van der Waals surface area contributed by atoms with Crippen molar-refractivity contribution in [1.29, 1.82) is 5.26 Å². The molecule has 1 heterocycles. The predicted octanol–water partition coefficient (Wildman–Crippen LogP) is 1.36. The minimum Gasteiger partial charge on any atom is -0.306 e. The second-order valence-electron chi connectivity index (χ2n) is 5.22. The number of halogens is 1. The third-order valence-electron chi connectivity index (χ3n) is 3.31. The van der Waals surface area contributed by atoms with Crippen LogP contribution in [0.2, 0.25) is 0 Å². The van der Waals surface area contributed by atoms with Crippen molar-refractivity contribution in [2.45, 2.75) is 25.4 Å². The van der Waals surface area contributed by atoms with Crippen LogP contribution in [0.25, 0.3) is 0 Å². The first-order chi connectivity index (χ1) is 8.82. The van der Waals surface area contributed by atoms with Gasteiger partial charge < -0.3 is 5.32 Å². The molecule has 1 N–H and O–H groups in total. The maximum atomic E-state index is 13.3. The van der Waals surface area contributed by atoms with E-state index in [-0.39, 0.29) is 17.1 Å². The van der Waals surface area contributed by atoms with Gasteiger partial charge in [0.15, 0.2) is 9.84 Å². The lowest BCUT2D eigenvalue weighted by Crippen LogP contribution is -2.42. The summed E-state index contributed by atoms with van der Waals surface area (Å²) in [6.45, 7) is 2.19. The van der Waals surface area contributed by atoms with Gasteiger partial charge in [0, 0.05) is 12.1 Å². The van der Waals surface area contributed by atoms with Crippen molar-refractivity contribution in [1.82, 2.24) is 5.32 Å².